The molecule has 0 radical (unpaired) electrons. The molecule has 0 atom stereocenters. The van der Waals surface area contributed by atoms with Gasteiger partial charge in [0.25, 0.3) is 0 Å². The van der Waals surface area contributed by atoms with Crippen molar-refractivity contribution in [3.05, 3.63) is 59.9 Å². The fraction of sp³-hybridized carbons (Fsp3) is 0.409. The summed E-state index contributed by atoms with van der Waals surface area (Å²) in [6.45, 7) is 0.764. The maximum absolute atomic E-state index is 12.0. The molecule has 3 N–H and O–H groups in total. The van der Waals surface area contributed by atoms with E-state index >= 15 is 0 Å². The van der Waals surface area contributed by atoms with E-state index in [-0.39, 0.29) is 24.5 Å². The molecule has 1 aliphatic rings. The second kappa shape index (κ2) is 11.0. The number of nitrogens with zero attached hydrogens (tertiary/aromatic N) is 1. The average Bonchev–Trinajstić information content (AvgIpc) is 2.77. The summed E-state index contributed by atoms with van der Waals surface area (Å²) in [6.07, 6.45) is 7.30. The molecule has 0 bridgehead atoms. The standard InChI is InChI=1S/C22H28N4O3/c27-21(15-25-22(28)26-18-6-2-1-3-7-18)24-14-17-9-11-20(12-10-17)29-16-19-8-4-5-13-23-19/h4-5,8-13,18H,1-3,6-7,14-16H2,(H,24,27)(H2,25,26,28). The van der Waals surface area contributed by atoms with Crippen molar-refractivity contribution in [2.24, 2.45) is 0 Å². The molecular formula is C22H28N4O3. The van der Waals surface area contributed by atoms with E-state index in [9.17, 15) is 9.59 Å². The molecule has 1 aliphatic carbocycles. The van der Waals surface area contributed by atoms with Crippen LogP contribution in [-0.4, -0.2) is 29.5 Å². The van der Waals surface area contributed by atoms with Crippen LogP contribution in [0.5, 0.6) is 5.75 Å². The topological polar surface area (TPSA) is 92.4 Å². The third-order valence-corrected chi connectivity index (χ3v) is 4.88. The molecule has 0 aliphatic heterocycles. The summed E-state index contributed by atoms with van der Waals surface area (Å²) in [6, 6.07) is 13.2. The van der Waals surface area contributed by atoms with Crippen LogP contribution in [0.15, 0.2) is 48.7 Å². The maximum Gasteiger partial charge on any atom is 0.315 e. The molecule has 0 spiro atoms. The Morgan fingerprint density at radius 1 is 1.00 bits per heavy atom. The minimum absolute atomic E-state index is 0.0379. The summed E-state index contributed by atoms with van der Waals surface area (Å²) >= 11 is 0. The third kappa shape index (κ3) is 7.44. The highest BCUT2D eigenvalue weighted by atomic mass is 16.5. The minimum Gasteiger partial charge on any atom is -0.487 e. The van der Waals surface area contributed by atoms with Crippen LogP contribution in [0.4, 0.5) is 4.79 Å². The Labute approximate surface area is 171 Å². The van der Waals surface area contributed by atoms with E-state index in [0.717, 1.165) is 42.7 Å². The number of urea groups is 1. The number of rotatable bonds is 8. The first-order valence-electron chi connectivity index (χ1n) is 10.1. The minimum atomic E-state index is -0.276. The summed E-state index contributed by atoms with van der Waals surface area (Å²) in [5, 5.41) is 8.35. The number of amides is 3. The lowest BCUT2D eigenvalue weighted by atomic mass is 9.96. The molecule has 7 nitrogen and oxygen atoms in total. The molecule has 154 valence electrons. The van der Waals surface area contributed by atoms with Gasteiger partial charge in [0.2, 0.25) is 5.91 Å². The Morgan fingerprint density at radius 3 is 2.52 bits per heavy atom. The van der Waals surface area contributed by atoms with E-state index in [1.165, 1.54) is 6.42 Å². The van der Waals surface area contributed by atoms with Gasteiger partial charge in [0.15, 0.2) is 0 Å². The molecule has 2 aromatic rings. The van der Waals surface area contributed by atoms with Crippen LogP contribution in [0.2, 0.25) is 0 Å². The number of benzene rings is 1. The fourth-order valence-electron chi connectivity index (χ4n) is 3.25. The Hall–Kier alpha value is -3.09. The molecule has 1 aromatic carbocycles. The first-order valence-corrected chi connectivity index (χ1v) is 10.1. The van der Waals surface area contributed by atoms with Crippen molar-refractivity contribution in [1.82, 2.24) is 20.9 Å². The zero-order chi connectivity index (χ0) is 20.3. The molecule has 3 amide bonds. The lowest BCUT2D eigenvalue weighted by Gasteiger charge is -2.22. The van der Waals surface area contributed by atoms with Crippen LogP contribution in [0.3, 0.4) is 0 Å². The lowest BCUT2D eigenvalue weighted by molar-refractivity contribution is -0.120. The van der Waals surface area contributed by atoms with Crippen LogP contribution < -0.4 is 20.7 Å². The van der Waals surface area contributed by atoms with Gasteiger partial charge in [-0.25, -0.2) is 4.79 Å². The van der Waals surface area contributed by atoms with Gasteiger partial charge in [0, 0.05) is 18.8 Å². The first-order chi connectivity index (χ1) is 14.2. The van der Waals surface area contributed by atoms with Crippen molar-refractivity contribution in [2.45, 2.75) is 51.3 Å². The smallest absolute Gasteiger partial charge is 0.315 e. The van der Waals surface area contributed by atoms with Gasteiger partial charge < -0.3 is 20.7 Å². The number of carbonyl (C=O) groups excluding carboxylic acids is 2. The molecule has 1 heterocycles. The Kier molecular flexibility index (Phi) is 7.86. The molecule has 1 fully saturated rings. The zero-order valence-corrected chi connectivity index (χ0v) is 16.5. The summed E-state index contributed by atoms with van der Waals surface area (Å²) < 4.78 is 5.70. The van der Waals surface area contributed by atoms with Gasteiger partial charge in [-0.1, -0.05) is 37.5 Å². The summed E-state index contributed by atoms with van der Waals surface area (Å²) in [5.41, 5.74) is 1.82. The summed E-state index contributed by atoms with van der Waals surface area (Å²) in [7, 11) is 0. The first kappa shape index (κ1) is 20.6. The van der Waals surface area contributed by atoms with E-state index in [2.05, 4.69) is 20.9 Å². The van der Waals surface area contributed by atoms with E-state index in [1.54, 1.807) is 6.20 Å². The van der Waals surface area contributed by atoms with E-state index in [4.69, 9.17) is 4.74 Å². The van der Waals surface area contributed by atoms with Crippen LogP contribution in [0.25, 0.3) is 0 Å². The molecular weight excluding hydrogens is 368 g/mol. The van der Waals surface area contributed by atoms with Gasteiger partial charge in [0.05, 0.1) is 12.2 Å². The van der Waals surface area contributed by atoms with Crippen LogP contribution in [-0.2, 0) is 17.9 Å². The predicted octanol–water partition coefficient (Wildman–Crippen LogP) is 2.91. The molecule has 0 saturated heterocycles. The second-order valence-corrected chi connectivity index (χ2v) is 7.19. The van der Waals surface area contributed by atoms with Crippen LogP contribution in [0, 0.1) is 0 Å². The van der Waals surface area contributed by atoms with E-state index in [0.29, 0.717) is 13.2 Å². The SMILES string of the molecule is O=C(CNC(=O)NC1CCCCC1)NCc1ccc(OCc2ccccn2)cc1. The molecule has 1 aromatic heterocycles. The molecule has 29 heavy (non-hydrogen) atoms. The Bertz CT molecular complexity index is 774. The van der Waals surface area contributed by atoms with E-state index < -0.39 is 0 Å². The van der Waals surface area contributed by atoms with Crippen molar-refractivity contribution >= 4 is 11.9 Å². The normalized spacial score (nSPS) is 14.1. The quantitative estimate of drug-likeness (QED) is 0.640. The van der Waals surface area contributed by atoms with Gasteiger partial charge in [-0.2, -0.15) is 0 Å². The molecule has 1 saturated carbocycles. The number of hydrogen-bond acceptors (Lipinski definition) is 4. The molecule has 7 heteroatoms. The van der Waals surface area contributed by atoms with Gasteiger partial charge in [-0.3, -0.25) is 9.78 Å². The molecule has 3 rings (SSSR count). The third-order valence-electron chi connectivity index (χ3n) is 4.88. The largest absolute Gasteiger partial charge is 0.487 e. The number of hydrogen-bond donors (Lipinski definition) is 3. The Morgan fingerprint density at radius 2 is 1.79 bits per heavy atom. The van der Waals surface area contributed by atoms with Gasteiger partial charge in [0.1, 0.15) is 12.4 Å². The zero-order valence-electron chi connectivity index (χ0n) is 16.5. The molecule has 0 unspecified atom stereocenters. The van der Waals surface area contributed by atoms with E-state index in [1.807, 2.05) is 42.5 Å². The average molecular weight is 396 g/mol. The number of nitrogens with one attached hydrogen (secondary N) is 3. The van der Waals surface area contributed by atoms with Crippen molar-refractivity contribution < 1.29 is 14.3 Å². The van der Waals surface area contributed by atoms with Gasteiger partial charge in [-0.15, -0.1) is 0 Å². The second-order valence-electron chi connectivity index (χ2n) is 7.19. The van der Waals surface area contributed by atoms with Crippen molar-refractivity contribution in [2.75, 3.05) is 6.54 Å². The summed E-state index contributed by atoms with van der Waals surface area (Å²) in [4.78, 5) is 28.0. The Balaban J connectivity index is 1.32. The van der Waals surface area contributed by atoms with Crippen LogP contribution >= 0.6 is 0 Å². The van der Waals surface area contributed by atoms with Crippen molar-refractivity contribution in [3.8, 4) is 5.75 Å². The van der Waals surface area contributed by atoms with Crippen LogP contribution in [0.1, 0.15) is 43.4 Å². The number of pyridine rings is 1. The number of aromatic nitrogens is 1. The van der Waals surface area contributed by atoms with Gasteiger partial charge >= 0.3 is 6.03 Å². The maximum atomic E-state index is 12.0. The highest BCUT2D eigenvalue weighted by Crippen LogP contribution is 2.17. The lowest BCUT2D eigenvalue weighted by Crippen LogP contribution is -2.46. The highest BCUT2D eigenvalue weighted by molar-refractivity contribution is 5.83. The predicted molar refractivity (Wildman–Crippen MR) is 110 cm³/mol. The van der Waals surface area contributed by atoms with Crippen molar-refractivity contribution in [3.63, 3.8) is 0 Å². The number of carbonyl (C=O) groups is 2. The summed E-state index contributed by atoms with van der Waals surface area (Å²) in [5.74, 6) is 0.519. The van der Waals surface area contributed by atoms with Gasteiger partial charge in [-0.05, 0) is 42.7 Å². The van der Waals surface area contributed by atoms with Crippen molar-refractivity contribution in [1.29, 1.82) is 0 Å². The highest BCUT2D eigenvalue weighted by Gasteiger charge is 2.15. The number of ether oxygens (including phenoxy) is 1. The fourth-order valence-corrected chi connectivity index (χ4v) is 3.25. The monoisotopic (exact) mass is 396 g/mol.